The van der Waals surface area contributed by atoms with Gasteiger partial charge < -0.3 is 4.90 Å². The number of nitrogens with zero attached hydrogens (tertiary/aromatic N) is 3. The zero-order valence-electron chi connectivity index (χ0n) is 9.37. The Kier molecular flexibility index (Phi) is 2.83. The van der Waals surface area contributed by atoms with Gasteiger partial charge in [-0.2, -0.15) is 0 Å². The molecule has 82 valence electrons. The quantitative estimate of drug-likeness (QED) is 0.741. The fraction of sp³-hybridized carbons (Fsp3) is 0.636. The molecule has 0 spiro atoms. The zero-order chi connectivity index (χ0) is 11.0. The minimum Gasteiger partial charge on any atom is -0.356 e. The highest BCUT2D eigenvalue weighted by Gasteiger charge is 2.29. The van der Waals surface area contributed by atoms with E-state index in [-0.39, 0.29) is 0 Å². The van der Waals surface area contributed by atoms with Gasteiger partial charge in [-0.25, -0.2) is 9.97 Å². The van der Waals surface area contributed by atoms with Gasteiger partial charge in [0.2, 0.25) is 0 Å². The largest absolute Gasteiger partial charge is 0.356 e. The van der Waals surface area contributed by atoms with Crippen LogP contribution in [0.1, 0.15) is 38.2 Å². The summed E-state index contributed by atoms with van der Waals surface area (Å²) < 4.78 is 0. The van der Waals surface area contributed by atoms with Crippen molar-refractivity contribution in [3.05, 3.63) is 17.0 Å². The molecule has 0 amide bonds. The maximum Gasteiger partial charge on any atom is 0.138 e. The van der Waals surface area contributed by atoms with E-state index in [1.807, 2.05) is 0 Å². The fourth-order valence-electron chi connectivity index (χ4n) is 1.78. The molecule has 3 nitrogen and oxygen atoms in total. The minimum atomic E-state index is 0.356. The molecule has 1 aliphatic carbocycles. The van der Waals surface area contributed by atoms with Gasteiger partial charge in [0.15, 0.2) is 0 Å². The molecule has 15 heavy (non-hydrogen) atoms. The Balaban J connectivity index is 2.40. The molecule has 1 aliphatic rings. The number of hydrogen-bond acceptors (Lipinski definition) is 3. The second-order valence-electron chi connectivity index (χ2n) is 4.40. The summed E-state index contributed by atoms with van der Waals surface area (Å²) in [6.07, 6.45) is 4.06. The molecule has 0 radical (unpaired) electrons. The van der Waals surface area contributed by atoms with Crippen LogP contribution in [0.4, 0.5) is 5.82 Å². The van der Waals surface area contributed by atoms with E-state index >= 15 is 0 Å². The average Bonchev–Trinajstić information content (AvgIpc) is 2.98. The smallest absolute Gasteiger partial charge is 0.138 e. The van der Waals surface area contributed by atoms with Crippen LogP contribution in [-0.4, -0.2) is 23.1 Å². The van der Waals surface area contributed by atoms with Gasteiger partial charge >= 0.3 is 0 Å². The topological polar surface area (TPSA) is 29.0 Å². The molecular weight excluding hydrogens is 210 g/mol. The Hall–Kier alpha value is -0.830. The highest BCUT2D eigenvalue weighted by molar-refractivity contribution is 6.30. The lowest BCUT2D eigenvalue weighted by Gasteiger charge is -2.22. The van der Waals surface area contributed by atoms with E-state index in [9.17, 15) is 0 Å². The Bertz CT molecular complexity index is 361. The molecule has 0 aromatic carbocycles. The number of rotatable bonds is 3. The van der Waals surface area contributed by atoms with Crippen molar-refractivity contribution in [2.45, 2.75) is 38.6 Å². The third kappa shape index (κ3) is 2.07. The molecule has 4 heteroatoms. The second-order valence-corrected chi connectivity index (χ2v) is 4.76. The summed E-state index contributed by atoms with van der Waals surface area (Å²) in [5, 5.41) is 0.586. The van der Waals surface area contributed by atoms with E-state index in [4.69, 9.17) is 11.6 Å². The molecule has 0 unspecified atom stereocenters. The SMILES string of the molecule is CC(C)c1c(Cl)ncnc1N(C)C1CC1. The first-order chi connectivity index (χ1) is 7.11. The summed E-state index contributed by atoms with van der Waals surface area (Å²) in [6, 6.07) is 0.647. The van der Waals surface area contributed by atoms with Crippen LogP contribution in [-0.2, 0) is 0 Å². The summed E-state index contributed by atoms with van der Waals surface area (Å²) in [6.45, 7) is 4.24. The molecular formula is C11H16ClN3. The third-order valence-corrected chi connectivity index (χ3v) is 3.12. The van der Waals surface area contributed by atoms with Crippen molar-refractivity contribution < 1.29 is 0 Å². The van der Waals surface area contributed by atoms with E-state index in [0.29, 0.717) is 17.1 Å². The van der Waals surface area contributed by atoms with Crippen LogP contribution in [0, 0.1) is 0 Å². The van der Waals surface area contributed by atoms with Gasteiger partial charge in [-0.15, -0.1) is 0 Å². The molecule has 1 aromatic rings. The number of hydrogen-bond donors (Lipinski definition) is 0. The molecule has 0 bridgehead atoms. The Labute approximate surface area is 95.5 Å². The second kappa shape index (κ2) is 3.97. The van der Waals surface area contributed by atoms with Crippen molar-refractivity contribution in [1.29, 1.82) is 0 Å². The van der Waals surface area contributed by atoms with E-state index in [1.54, 1.807) is 6.33 Å². The Morgan fingerprint density at radius 2 is 2.07 bits per heavy atom. The van der Waals surface area contributed by atoms with E-state index in [1.165, 1.54) is 12.8 Å². The third-order valence-electron chi connectivity index (χ3n) is 2.82. The summed E-state index contributed by atoms with van der Waals surface area (Å²) in [4.78, 5) is 10.6. The molecule has 2 rings (SSSR count). The minimum absolute atomic E-state index is 0.356. The van der Waals surface area contributed by atoms with Gasteiger partial charge in [-0.3, -0.25) is 0 Å². The Morgan fingerprint density at radius 1 is 1.40 bits per heavy atom. The van der Waals surface area contributed by atoms with Gasteiger partial charge in [-0.1, -0.05) is 25.4 Å². The molecule has 0 aliphatic heterocycles. The first kappa shape index (κ1) is 10.7. The van der Waals surface area contributed by atoms with Gasteiger partial charge in [0.1, 0.15) is 17.3 Å². The molecule has 0 N–H and O–H groups in total. The molecule has 1 heterocycles. The standard InChI is InChI=1S/C11H16ClN3/c1-7(2)9-10(12)13-6-14-11(9)15(3)8-4-5-8/h6-8H,4-5H2,1-3H3. The molecule has 1 saturated carbocycles. The summed E-state index contributed by atoms with van der Waals surface area (Å²) >= 11 is 6.12. The van der Waals surface area contributed by atoms with Crippen LogP contribution >= 0.6 is 11.6 Å². The van der Waals surface area contributed by atoms with Crippen molar-refractivity contribution in [2.24, 2.45) is 0 Å². The lowest BCUT2D eigenvalue weighted by atomic mass is 10.1. The van der Waals surface area contributed by atoms with Gasteiger partial charge in [0.05, 0.1) is 0 Å². The monoisotopic (exact) mass is 225 g/mol. The molecule has 1 aromatic heterocycles. The van der Waals surface area contributed by atoms with E-state index < -0.39 is 0 Å². The summed E-state index contributed by atoms with van der Waals surface area (Å²) in [5.74, 6) is 1.35. The van der Waals surface area contributed by atoms with Gasteiger partial charge in [0, 0.05) is 18.7 Å². The van der Waals surface area contributed by atoms with Crippen LogP contribution < -0.4 is 4.90 Å². The number of aromatic nitrogens is 2. The predicted octanol–water partition coefficient (Wildman–Crippen LogP) is 2.85. The van der Waals surface area contributed by atoms with Gasteiger partial charge in [0.25, 0.3) is 0 Å². The number of anilines is 1. The average molecular weight is 226 g/mol. The predicted molar refractivity (Wildman–Crippen MR) is 62.6 cm³/mol. The molecule has 0 saturated heterocycles. The molecule has 0 atom stereocenters. The number of halogens is 1. The van der Waals surface area contributed by atoms with Crippen LogP contribution in [0.25, 0.3) is 0 Å². The van der Waals surface area contributed by atoms with Crippen LogP contribution in [0.15, 0.2) is 6.33 Å². The van der Waals surface area contributed by atoms with Crippen molar-refractivity contribution in [1.82, 2.24) is 9.97 Å². The van der Waals surface area contributed by atoms with Crippen molar-refractivity contribution in [3.8, 4) is 0 Å². The summed E-state index contributed by atoms with van der Waals surface area (Å²) in [7, 11) is 2.09. The van der Waals surface area contributed by atoms with Crippen LogP contribution in [0.3, 0.4) is 0 Å². The Morgan fingerprint density at radius 3 is 2.60 bits per heavy atom. The highest BCUT2D eigenvalue weighted by Crippen LogP contribution is 2.35. The normalized spacial score (nSPS) is 15.8. The molecule has 1 fully saturated rings. The lowest BCUT2D eigenvalue weighted by Crippen LogP contribution is -2.23. The van der Waals surface area contributed by atoms with Gasteiger partial charge in [-0.05, 0) is 18.8 Å². The van der Waals surface area contributed by atoms with Crippen molar-refractivity contribution in [3.63, 3.8) is 0 Å². The van der Waals surface area contributed by atoms with E-state index in [2.05, 4.69) is 35.8 Å². The fourth-order valence-corrected chi connectivity index (χ4v) is 2.12. The zero-order valence-corrected chi connectivity index (χ0v) is 10.1. The maximum atomic E-state index is 6.12. The summed E-state index contributed by atoms with van der Waals surface area (Å²) in [5.41, 5.74) is 1.06. The van der Waals surface area contributed by atoms with E-state index in [0.717, 1.165) is 11.4 Å². The lowest BCUT2D eigenvalue weighted by molar-refractivity contribution is 0.806. The first-order valence-electron chi connectivity index (χ1n) is 5.34. The van der Waals surface area contributed by atoms with Crippen molar-refractivity contribution >= 4 is 17.4 Å². The highest BCUT2D eigenvalue weighted by atomic mass is 35.5. The first-order valence-corrected chi connectivity index (χ1v) is 5.72. The van der Waals surface area contributed by atoms with Crippen molar-refractivity contribution in [2.75, 3.05) is 11.9 Å². The maximum absolute atomic E-state index is 6.12. The van der Waals surface area contributed by atoms with Crippen LogP contribution in [0.5, 0.6) is 0 Å². The van der Waals surface area contributed by atoms with Crippen LogP contribution in [0.2, 0.25) is 5.15 Å².